The number of methoxy groups -OCH3 is 1. The molecule has 0 spiro atoms. The number of pyridine rings is 1. The van der Waals surface area contributed by atoms with Gasteiger partial charge in [-0.1, -0.05) is 6.58 Å². The first-order chi connectivity index (χ1) is 13.0. The molecule has 6 heteroatoms. The van der Waals surface area contributed by atoms with Gasteiger partial charge in [-0.2, -0.15) is 0 Å². The van der Waals surface area contributed by atoms with Crippen LogP contribution in [0.25, 0.3) is 5.70 Å². The van der Waals surface area contributed by atoms with Crippen LogP contribution in [-0.4, -0.2) is 46.9 Å². The predicted octanol–water partition coefficient (Wildman–Crippen LogP) is 3.35. The number of carbonyl (C=O) groups excluding carboxylic acids is 1. The van der Waals surface area contributed by atoms with Crippen molar-refractivity contribution in [1.29, 1.82) is 0 Å². The van der Waals surface area contributed by atoms with Gasteiger partial charge < -0.3 is 14.7 Å². The lowest BCUT2D eigenvalue weighted by molar-refractivity contribution is 0.0696. The van der Waals surface area contributed by atoms with Crippen LogP contribution >= 0.6 is 0 Å². The fraction of sp³-hybridized carbons (Fsp3) is 0.286. The van der Waals surface area contributed by atoms with Gasteiger partial charge in [-0.15, -0.1) is 0 Å². The highest BCUT2D eigenvalue weighted by Gasteiger charge is 2.27. The van der Waals surface area contributed by atoms with E-state index in [1.807, 2.05) is 0 Å². The van der Waals surface area contributed by atoms with Gasteiger partial charge >= 0.3 is 5.97 Å². The number of carboxylic acid groups (broad SMARTS) is 1. The molecule has 140 valence electrons. The van der Waals surface area contributed by atoms with Crippen molar-refractivity contribution < 1.29 is 19.4 Å². The van der Waals surface area contributed by atoms with Gasteiger partial charge in [0.15, 0.2) is 5.78 Å². The van der Waals surface area contributed by atoms with E-state index < -0.39 is 5.97 Å². The first-order valence-corrected chi connectivity index (χ1v) is 8.81. The summed E-state index contributed by atoms with van der Waals surface area (Å²) in [5.74, 6) is -0.117. The lowest BCUT2D eigenvalue weighted by Gasteiger charge is -2.34. The van der Waals surface area contributed by atoms with Gasteiger partial charge in [-0.3, -0.25) is 9.78 Å². The Morgan fingerprint density at radius 3 is 2.26 bits per heavy atom. The van der Waals surface area contributed by atoms with E-state index in [4.69, 9.17) is 9.84 Å². The topological polar surface area (TPSA) is 79.7 Å². The highest BCUT2D eigenvalue weighted by molar-refractivity contribution is 5.98. The van der Waals surface area contributed by atoms with Crippen LogP contribution < -0.4 is 4.74 Å². The molecule has 0 amide bonds. The molecule has 6 nitrogen and oxygen atoms in total. The quantitative estimate of drug-likeness (QED) is 0.790. The average Bonchev–Trinajstić information content (AvgIpc) is 2.73. The summed E-state index contributed by atoms with van der Waals surface area (Å²) in [6.45, 7) is 5.52. The molecule has 0 bridgehead atoms. The number of ether oxygens (including phenoxy) is 1. The minimum Gasteiger partial charge on any atom is -0.497 e. The number of ketones is 1. The first kappa shape index (κ1) is 18.6. The Bertz CT molecular complexity index is 835. The maximum atomic E-state index is 12.7. The molecular formula is C21H22N2O4. The number of Topliss-reactive ketones (excluding diaryl/α,β-unsaturated/α-hetero) is 1. The van der Waals surface area contributed by atoms with E-state index in [2.05, 4.69) is 16.5 Å². The third-order valence-electron chi connectivity index (χ3n) is 4.93. The number of nitrogens with zero attached hydrogens (tertiary/aromatic N) is 2. The van der Waals surface area contributed by atoms with Crippen molar-refractivity contribution >= 4 is 17.4 Å². The van der Waals surface area contributed by atoms with Crippen LogP contribution in [0.5, 0.6) is 5.75 Å². The predicted molar refractivity (Wildman–Crippen MR) is 102 cm³/mol. The van der Waals surface area contributed by atoms with Crippen LogP contribution in [0.1, 0.15) is 39.3 Å². The summed E-state index contributed by atoms with van der Waals surface area (Å²) < 4.78 is 5.13. The Morgan fingerprint density at radius 1 is 1.11 bits per heavy atom. The maximum absolute atomic E-state index is 12.7. The van der Waals surface area contributed by atoms with Crippen LogP contribution in [0.4, 0.5) is 0 Å². The van der Waals surface area contributed by atoms with Crippen molar-refractivity contribution in [3.63, 3.8) is 0 Å². The number of carboxylic acids is 1. The van der Waals surface area contributed by atoms with Gasteiger partial charge in [-0.25, -0.2) is 4.79 Å². The minimum atomic E-state index is -1.00. The molecule has 1 aromatic carbocycles. The van der Waals surface area contributed by atoms with E-state index in [1.165, 1.54) is 12.3 Å². The summed E-state index contributed by atoms with van der Waals surface area (Å²) in [5, 5.41) is 8.96. The summed E-state index contributed by atoms with van der Waals surface area (Å²) in [6, 6.07) is 10.4. The number of piperidine rings is 1. The van der Waals surface area contributed by atoms with Crippen molar-refractivity contribution in [3.8, 4) is 5.75 Å². The number of benzene rings is 1. The standard InChI is InChI=1S/C21H22N2O4/c1-14(19-8-5-17(13-22-19)21(25)26)23-11-9-16(10-12-23)20(24)15-3-6-18(27-2)7-4-15/h3-8,13,16H,1,9-12H2,2H3,(H,25,26). The van der Waals surface area contributed by atoms with Crippen LogP contribution in [-0.2, 0) is 0 Å². The van der Waals surface area contributed by atoms with Gasteiger partial charge in [0.05, 0.1) is 24.1 Å². The Labute approximate surface area is 158 Å². The Hall–Kier alpha value is -3.15. The number of hydrogen-bond donors (Lipinski definition) is 1. The van der Waals surface area contributed by atoms with Crippen LogP contribution in [0.2, 0.25) is 0 Å². The van der Waals surface area contributed by atoms with Gasteiger partial charge in [0.1, 0.15) is 5.75 Å². The smallest absolute Gasteiger partial charge is 0.337 e. The zero-order valence-electron chi connectivity index (χ0n) is 15.2. The Morgan fingerprint density at radius 2 is 1.74 bits per heavy atom. The molecule has 1 N–H and O–H groups in total. The molecule has 2 heterocycles. The molecule has 1 saturated heterocycles. The summed E-state index contributed by atoms with van der Waals surface area (Å²) in [7, 11) is 1.60. The second-order valence-corrected chi connectivity index (χ2v) is 6.54. The molecular weight excluding hydrogens is 344 g/mol. The molecule has 1 aromatic heterocycles. The SMILES string of the molecule is C=C(c1ccc(C(=O)O)cn1)N1CCC(C(=O)c2ccc(OC)cc2)CC1. The molecule has 0 atom stereocenters. The van der Waals surface area contributed by atoms with E-state index in [0.29, 0.717) is 24.3 Å². The second-order valence-electron chi connectivity index (χ2n) is 6.54. The number of carbonyl (C=O) groups is 2. The molecule has 3 rings (SSSR count). The van der Waals surface area contributed by atoms with E-state index >= 15 is 0 Å². The van der Waals surface area contributed by atoms with E-state index in [1.54, 1.807) is 37.4 Å². The van der Waals surface area contributed by atoms with Gasteiger partial charge in [0, 0.05) is 30.8 Å². The second kappa shape index (κ2) is 8.03. The van der Waals surface area contributed by atoms with Crippen LogP contribution in [0.3, 0.4) is 0 Å². The van der Waals surface area contributed by atoms with Crippen molar-refractivity contribution in [3.05, 3.63) is 66.0 Å². The van der Waals surface area contributed by atoms with E-state index in [9.17, 15) is 9.59 Å². The van der Waals surface area contributed by atoms with Crippen LogP contribution in [0.15, 0.2) is 49.2 Å². The molecule has 27 heavy (non-hydrogen) atoms. The summed E-state index contributed by atoms with van der Waals surface area (Å²) in [6.07, 6.45) is 2.83. The molecule has 0 saturated carbocycles. The maximum Gasteiger partial charge on any atom is 0.337 e. The minimum absolute atomic E-state index is 0.00945. The number of hydrogen-bond acceptors (Lipinski definition) is 5. The molecule has 1 fully saturated rings. The normalized spacial score (nSPS) is 14.6. The van der Waals surface area contributed by atoms with Crippen molar-refractivity contribution in [2.45, 2.75) is 12.8 Å². The molecule has 1 aliphatic heterocycles. The number of likely N-dealkylation sites (tertiary alicyclic amines) is 1. The zero-order valence-corrected chi connectivity index (χ0v) is 15.2. The number of aromatic nitrogens is 1. The fourth-order valence-electron chi connectivity index (χ4n) is 3.26. The van der Waals surface area contributed by atoms with Crippen molar-refractivity contribution in [2.75, 3.05) is 20.2 Å². The average molecular weight is 366 g/mol. The molecule has 1 aliphatic rings. The lowest BCUT2D eigenvalue weighted by Crippen LogP contribution is -2.35. The number of aromatic carboxylic acids is 1. The first-order valence-electron chi connectivity index (χ1n) is 8.81. The lowest BCUT2D eigenvalue weighted by atomic mass is 9.88. The monoisotopic (exact) mass is 366 g/mol. The van der Waals surface area contributed by atoms with E-state index in [0.717, 1.165) is 24.3 Å². The Balaban J connectivity index is 1.59. The summed E-state index contributed by atoms with van der Waals surface area (Å²) in [5.41, 5.74) is 2.26. The molecule has 0 unspecified atom stereocenters. The largest absolute Gasteiger partial charge is 0.497 e. The fourth-order valence-corrected chi connectivity index (χ4v) is 3.26. The highest BCUT2D eigenvalue weighted by atomic mass is 16.5. The number of rotatable bonds is 6. The van der Waals surface area contributed by atoms with Crippen molar-refractivity contribution in [2.24, 2.45) is 5.92 Å². The third kappa shape index (κ3) is 4.16. The van der Waals surface area contributed by atoms with Gasteiger partial charge in [0.2, 0.25) is 0 Å². The Kier molecular flexibility index (Phi) is 5.54. The summed E-state index contributed by atoms with van der Waals surface area (Å²) in [4.78, 5) is 29.9. The molecule has 0 radical (unpaired) electrons. The van der Waals surface area contributed by atoms with Crippen molar-refractivity contribution in [1.82, 2.24) is 9.88 Å². The van der Waals surface area contributed by atoms with E-state index in [-0.39, 0.29) is 17.3 Å². The third-order valence-corrected chi connectivity index (χ3v) is 4.93. The summed E-state index contributed by atoms with van der Waals surface area (Å²) >= 11 is 0. The van der Waals surface area contributed by atoms with Gasteiger partial charge in [-0.05, 0) is 49.2 Å². The zero-order chi connectivity index (χ0) is 19.4. The molecule has 2 aromatic rings. The molecule has 0 aliphatic carbocycles. The highest BCUT2D eigenvalue weighted by Crippen LogP contribution is 2.27. The van der Waals surface area contributed by atoms with Crippen LogP contribution in [0, 0.1) is 5.92 Å². The van der Waals surface area contributed by atoms with Gasteiger partial charge in [0.25, 0.3) is 0 Å².